The van der Waals surface area contributed by atoms with Crippen molar-refractivity contribution >= 4 is 22.2 Å². The van der Waals surface area contributed by atoms with Gasteiger partial charge in [0.25, 0.3) is 0 Å². The van der Waals surface area contributed by atoms with Gasteiger partial charge in [0, 0.05) is 30.8 Å². The minimum Gasteiger partial charge on any atom is -0.374 e. The molecule has 0 saturated heterocycles. The van der Waals surface area contributed by atoms with Crippen LogP contribution in [0, 0.1) is 6.92 Å². The van der Waals surface area contributed by atoms with Crippen LogP contribution >= 0.6 is 11.5 Å². The fourth-order valence-corrected chi connectivity index (χ4v) is 2.55. The van der Waals surface area contributed by atoms with E-state index in [9.17, 15) is 0 Å². The van der Waals surface area contributed by atoms with Crippen molar-refractivity contribution in [1.29, 1.82) is 0 Å². The average Bonchev–Trinajstić information content (AvgIpc) is 2.78. The molecule has 0 saturated carbocycles. The van der Waals surface area contributed by atoms with E-state index in [1.165, 1.54) is 22.8 Å². The van der Waals surface area contributed by atoms with Gasteiger partial charge in [-0.25, -0.2) is 0 Å². The zero-order valence-electron chi connectivity index (χ0n) is 11.0. The fraction of sp³-hybridized carbons (Fsp3) is 0.385. The first-order valence-electron chi connectivity index (χ1n) is 6.04. The fourth-order valence-electron chi connectivity index (χ4n) is 1.91. The van der Waals surface area contributed by atoms with Crippen molar-refractivity contribution in [3.8, 4) is 0 Å². The van der Waals surface area contributed by atoms with E-state index in [-0.39, 0.29) is 0 Å². The number of rotatable bonds is 5. The summed E-state index contributed by atoms with van der Waals surface area (Å²) >= 11 is 1.42. The van der Waals surface area contributed by atoms with Gasteiger partial charge in [-0.2, -0.15) is 0 Å². The van der Waals surface area contributed by atoms with Crippen LogP contribution in [0.3, 0.4) is 0 Å². The smallest absolute Gasteiger partial charge is 0.135 e. The lowest BCUT2D eigenvalue weighted by Crippen LogP contribution is -2.18. The number of nitrogens with one attached hydrogen (secondary N) is 1. The molecule has 0 atom stereocenters. The molecule has 0 radical (unpaired) electrons. The van der Waals surface area contributed by atoms with E-state index < -0.39 is 0 Å². The normalized spacial score (nSPS) is 10.4. The lowest BCUT2D eigenvalue weighted by atomic mass is 10.2. The molecule has 4 nitrogen and oxygen atoms in total. The minimum atomic E-state index is 0.768. The molecule has 96 valence electrons. The van der Waals surface area contributed by atoms with Crippen LogP contribution in [0.25, 0.3) is 0 Å². The van der Waals surface area contributed by atoms with Gasteiger partial charge >= 0.3 is 0 Å². The summed E-state index contributed by atoms with van der Waals surface area (Å²) in [7, 11) is 2.08. The van der Waals surface area contributed by atoms with Gasteiger partial charge < -0.3 is 10.2 Å². The van der Waals surface area contributed by atoms with Crippen LogP contribution in [0.5, 0.6) is 0 Å². The SMILES string of the molecule is CCNc1snnc1CN(C)c1ccccc1C. The maximum atomic E-state index is 4.19. The second-order valence-electron chi connectivity index (χ2n) is 4.22. The molecular formula is C13H18N4S. The number of aryl methyl sites for hydroxylation is 1. The number of hydrogen-bond donors (Lipinski definition) is 1. The highest BCUT2D eigenvalue weighted by Crippen LogP contribution is 2.23. The summed E-state index contributed by atoms with van der Waals surface area (Å²) in [4.78, 5) is 2.20. The van der Waals surface area contributed by atoms with Crippen molar-refractivity contribution in [2.45, 2.75) is 20.4 Å². The summed E-state index contributed by atoms with van der Waals surface area (Å²) in [6.45, 7) is 5.86. The maximum absolute atomic E-state index is 4.19. The molecule has 1 heterocycles. The first kappa shape index (κ1) is 12.8. The van der Waals surface area contributed by atoms with E-state index >= 15 is 0 Å². The Kier molecular flexibility index (Phi) is 4.15. The van der Waals surface area contributed by atoms with Crippen LogP contribution in [-0.4, -0.2) is 23.2 Å². The number of benzene rings is 1. The molecule has 0 amide bonds. The van der Waals surface area contributed by atoms with E-state index in [4.69, 9.17) is 0 Å². The van der Waals surface area contributed by atoms with Crippen LogP contribution in [0.2, 0.25) is 0 Å². The highest BCUT2D eigenvalue weighted by Gasteiger charge is 2.11. The summed E-state index contributed by atoms with van der Waals surface area (Å²) < 4.78 is 4.01. The highest BCUT2D eigenvalue weighted by molar-refractivity contribution is 7.10. The van der Waals surface area contributed by atoms with E-state index in [1.54, 1.807) is 0 Å². The van der Waals surface area contributed by atoms with Crippen molar-refractivity contribution < 1.29 is 0 Å². The van der Waals surface area contributed by atoms with E-state index in [1.807, 2.05) is 0 Å². The van der Waals surface area contributed by atoms with Crippen molar-refractivity contribution in [2.75, 3.05) is 23.8 Å². The Hall–Kier alpha value is -1.62. The molecule has 5 heteroatoms. The van der Waals surface area contributed by atoms with Crippen LogP contribution < -0.4 is 10.2 Å². The zero-order valence-corrected chi connectivity index (χ0v) is 11.8. The molecule has 0 aliphatic carbocycles. The molecule has 1 N–H and O–H groups in total. The molecular weight excluding hydrogens is 244 g/mol. The standard InChI is InChI=1S/C13H18N4S/c1-4-14-13-11(15-16-18-13)9-17(3)12-8-6-5-7-10(12)2/h5-8,14H,4,9H2,1-3H3. The van der Waals surface area contributed by atoms with Crippen molar-refractivity contribution in [3.05, 3.63) is 35.5 Å². The molecule has 1 aromatic carbocycles. The van der Waals surface area contributed by atoms with Gasteiger partial charge in [0.05, 0.1) is 6.54 Å². The molecule has 0 aliphatic heterocycles. The first-order chi connectivity index (χ1) is 8.72. The molecule has 0 bridgehead atoms. The van der Waals surface area contributed by atoms with Crippen molar-refractivity contribution in [3.63, 3.8) is 0 Å². The molecule has 0 unspecified atom stereocenters. The molecule has 0 fully saturated rings. The Labute approximate surface area is 112 Å². The predicted octanol–water partition coefficient (Wildman–Crippen LogP) is 2.91. The summed E-state index contributed by atoms with van der Waals surface area (Å²) in [5.74, 6) is 0. The minimum absolute atomic E-state index is 0.768. The number of para-hydroxylation sites is 1. The largest absolute Gasteiger partial charge is 0.374 e. The lowest BCUT2D eigenvalue weighted by Gasteiger charge is -2.20. The first-order valence-corrected chi connectivity index (χ1v) is 6.81. The molecule has 2 rings (SSSR count). The van der Waals surface area contributed by atoms with E-state index in [0.717, 1.165) is 23.8 Å². The quantitative estimate of drug-likeness (QED) is 0.899. The Bertz CT molecular complexity index is 509. The van der Waals surface area contributed by atoms with Gasteiger partial charge in [-0.15, -0.1) is 5.10 Å². The van der Waals surface area contributed by atoms with E-state index in [0.29, 0.717) is 0 Å². The molecule has 1 aromatic heterocycles. The van der Waals surface area contributed by atoms with Crippen LogP contribution in [0.15, 0.2) is 24.3 Å². The molecule has 0 spiro atoms. The Morgan fingerprint density at radius 3 is 2.83 bits per heavy atom. The Morgan fingerprint density at radius 2 is 2.11 bits per heavy atom. The van der Waals surface area contributed by atoms with Gasteiger partial charge in [-0.1, -0.05) is 22.7 Å². The van der Waals surface area contributed by atoms with Crippen molar-refractivity contribution in [2.24, 2.45) is 0 Å². The second-order valence-corrected chi connectivity index (χ2v) is 4.98. The van der Waals surface area contributed by atoms with Crippen LogP contribution in [0.1, 0.15) is 18.2 Å². The average molecular weight is 262 g/mol. The topological polar surface area (TPSA) is 41.1 Å². The Balaban J connectivity index is 2.14. The third-order valence-electron chi connectivity index (χ3n) is 2.81. The number of anilines is 2. The van der Waals surface area contributed by atoms with E-state index in [2.05, 4.69) is 65.0 Å². The highest BCUT2D eigenvalue weighted by atomic mass is 32.1. The van der Waals surface area contributed by atoms with Gasteiger partial charge in [-0.05, 0) is 25.5 Å². The van der Waals surface area contributed by atoms with Gasteiger partial charge in [-0.3, -0.25) is 0 Å². The number of hydrogen-bond acceptors (Lipinski definition) is 5. The van der Waals surface area contributed by atoms with Gasteiger partial charge in [0.1, 0.15) is 10.7 Å². The zero-order chi connectivity index (χ0) is 13.0. The third-order valence-corrected chi connectivity index (χ3v) is 3.53. The van der Waals surface area contributed by atoms with Crippen LogP contribution in [-0.2, 0) is 6.54 Å². The molecule has 0 aliphatic rings. The van der Waals surface area contributed by atoms with Crippen LogP contribution in [0.4, 0.5) is 10.7 Å². The number of aromatic nitrogens is 2. The summed E-state index contributed by atoms with van der Waals surface area (Å²) in [6.07, 6.45) is 0. The second kappa shape index (κ2) is 5.82. The van der Waals surface area contributed by atoms with Gasteiger partial charge in [0.2, 0.25) is 0 Å². The summed E-state index contributed by atoms with van der Waals surface area (Å²) in [6, 6.07) is 8.36. The summed E-state index contributed by atoms with van der Waals surface area (Å²) in [5.41, 5.74) is 3.51. The monoisotopic (exact) mass is 262 g/mol. The van der Waals surface area contributed by atoms with Gasteiger partial charge in [0.15, 0.2) is 0 Å². The predicted molar refractivity (Wildman–Crippen MR) is 77.4 cm³/mol. The lowest BCUT2D eigenvalue weighted by molar-refractivity contribution is 0.868. The number of nitrogens with zero attached hydrogens (tertiary/aromatic N) is 3. The molecule has 18 heavy (non-hydrogen) atoms. The van der Waals surface area contributed by atoms with Crippen molar-refractivity contribution in [1.82, 2.24) is 9.59 Å². The molecule has 2 aromatic rings. The Morgan fingerprint density at radius 1 is 1.33 bits per heavy atom. The third kappa shape index (κ3) is 2.79. The summed E-state index contributed by atoms with van der Waals surface area (Å²) in [5, 5.41) is 8.56. The maximum Gasteiger partial charge on any atom is 0.135 e.